The highest BCUT2D eigenvalue weighted by atomic mass is 16.4. The summed E-state index contributed by atoms with van der Waals surface area (Å²) in [6.07, 6.45) is 5.26. The fourth-order valence-corrected chi connectivity index (χ4v) is 3.73. The summed E-state index contributed by atoms with van der Waals surface area (Å²) in [5.41, 5.74) is 1.26. The fourth-order valence-electron chi connectivity index (χ4n) is 3.73. The van der Waals surface area contributed by atoms with E-state index >= 15 is 0 Å². The van der Waals surface area contributed by atoms with Gasteiger partial charge in [0, 0.05) is 18.5 Å². The van der Waals surface area contributed by atoms with Gasteiger partial charge < -0.3 is 14.6 Å². The molecule has 1 N–H and O–H groups in total. The first kappa shape index (κ1) is 14.6. The van der Waals surface area contributed by atoms with Crippen molar-refractivity contribution in [2.24, 2.45) is 0 Å². The summed E-state index contributed by atoms with van der Waals surface area (Å²) in [7, 11) is 0. The van der Waals surface area contributed by atoms with E-state index in [4.69, 9.17) is 0 Å². The van der Waals surface area contributed by atoms with Gasteiger partial charge >= 0.3 is 5.97 Å². The Morgan fingerprint density at radius 2 is 1.95 bits per heavy atom. The first-order valence-corrected chi connectivity index (χ1v) is 8.14. The number of hydrogen-bond donors (Lipinski definition) is 1. The average Bonchev–Trinajstić information content (AvgIpc) is 2.87. The predicted octanol–water partition coefficient (Wildman–Crippen LogP) is 2.51. The molecule has 0 bridgehead atoms. The van der Waals surface area contributed by atoms with Gasteiger partial charge in [0.2, 0.25) is 0 Å². The molecule has 0 atom stereocenters. The molecule has 0 spiro atoms. The quantitative estimate of drug-likeness (QED) is 0.929. The van der Waals surface area contributed by atoms with Crippen LogP contribution in [-0.2, 0) is 13.0 Å². The predicted molar refractivity (Wildman–Crippen MR) is 80.8 cm³/mol. The number of aromatic carboxylic acids is 1. The van der Waals surface area contributed by atoms with Crippen molar-refractivity contribution in [2.45, 2.75) is 64.5 Å². The highest BCUT2D eigenvalue weighted by Crippen LogP contribution is 2.32. The molecule has 0 aromatic carbocycles. The third kappa shape index (κ3) is 2.71. The second kappa shape index (κ2) is 5.79. The van der Waals surface area contributed by atoms with Crippen LogP contribution in [0.2, 0.25) is 0 Å². The number of likely N-dealkylation sites (tertiary alicyclic amines) is 1. The third-order valence-electron chi connectivity index (χ3n) is 4.97. The minimum atomic E-state index is -0.869. The Morgan fingerprint density at radius 1 is 1.24 bits per heavy atom. The monoisotopic (exact) mass is 291 g/mol. The zero-order chi connectivity index (χ0) is 15.0. The van der Waals surface area contributed by atoms with E-state index in [0.29, 0.717) is 17.7 Å². The number of imidazole rings is 1. The van der Waals surface area contributed by atoms with Crippen LogP contribution in [0.25, 0.3) is 0 Å². The zero-order valence-electron chi connectivity index (χ0n) is 13.0. The van der Waals surface area contributed by atoms with Crippen LogP contribution in [0.5, 0.6) is 0 Å². The highest BCUT2D eigenvalue weighted by Gasteiger charge is 2.30. The van der Waals surface area contributed by atoms with E-state index in [1.807, 2.05) is 0 Å². The summed E-state index contributed by atoms with van der Waals surface area (Å²) in [6, 6.07) is 0.592. The molecule has 0 saturated carbocycles. The molecule has 0 unspecified atom stereocenters. The Labute approximate surface area is 126 Å². The summed E-state index contributed by atoms with van der Waals surface area (Å²) in [6.45, 7) is 7.59. The second-order valence-electron chi connectivity index (χ2n) is 6.58. The number of aromatic nitrogens is 2. The van der Waals surface area contributed by atoms with Gasteiger partial charge in [-0.3, -0.25) is 0 Å². The van der Waals surface area contributed by atoms with Crippen LogP contribution in [-0.4, -0.2) is 44.7 Å². The minimum Gasteiger partial charge on any atom is -0.476 e. The SMILES string of the molecule is CC(C)N1CCC(c2nc(C(=O)O)c3n2CCCC3)CC1. The molecule has 21 heavy (non-hydrogen) atoms. The number of carboxylic acids is 1. The maximum Gasteiger partial charge on any atom is 0.356 e. The van der Waals surface area contributed by atoms with E-state index in [0.717, 1.165) is 63.3 Å². The Kier molecular flexibility index (Phi) is 4.02. The summed E-state index contributed by atoms with van der Waals surface area (Å²) in [5, 5.41) is 9.38. The van der Waals surface area contributed by atoms with Crippen LogP contribution >= 0.6 is 0 Å². The van der Waals surface area contributed by atoms with Gasteiger partial charge in [0.05, 0.1) is 5.69 Å². The molecule has 1 fully saturated rings. The molecule has 1 aromatic rings. The van der Waals surface area contributed by atoms with Crippen LogP contribution < -0.4 is 0 Å². The average molecular weight is 291 g/mol. The number of hydrogen-bond acceptors (Lipinski definition) is 3. The van der Waals surface area contributed by atoms with Crippen molar-refractivity contribution in [1.82, 2.24) is 14.5 Å². The minimum absolute atomic E-state index is 0.302. The lowest BCUT2D eigenvalue weighted by Crippen LogP contribution is -2.38. The molecule has 1 saturated heterocycles. The summed E-state index contributed by atoms with van der Waals surface area (Å²) < 4.78 is 2.21. The Hall–Kier alpha value is -1.36. The number of piperidine rings is 1. The molecular weight excluding hydrogens is 266 g/mol. The molecule has 2 aliphatic rings. The van der Waals surface area contributed by atoms with E-state index in [2.05, 4.69) is 28.3 Å². The lowest BCUT2D eigenvalue weighted by atomic mass is 9.95. The molecule has 0 radical (unpaired) electrons. The third-order valence-corrected chi connectivity index (χ3v) is 4.97. The number of nitrogens with zero attached hydrogens (tertiary/aromatic N) is 3. The molecule has 1 aromatic heterocycles. The molecule has 5 heteroatoms. The Balaban J connectivity index is 1.84. The zero-order valence-corrected chi connectivity index (χ0v) is 13.0. The van der Waals surface area contributed by atoms with Crippen molar-refractivity contribution >= 4 is 5.97 Å². The van der Waals surface area contributed by atoms with Crippen molar-refractivity contribution in [2.75, 3.05) is 13.1 Å². The fraction of sp³-hybridized carbons (Fsp3) is 0.750. The molecule has 3 heterocycles. The van der Waals surface area contributed by atoms with Gasteiger partial charge in [0.1, 0.15) is 5.82 Å². The molecule has 3 rings (SSSR count). The molecule has 5 nitrogen and oxygen atoms in total. The smallest absolute Gasteiger partial charge is 0.356 e. The van der Waals surface area contributed by atoms with Gasteiger partial charge in [-0.2, -0.15) is 0 Å². The maximum atomic E-state index is 11.4. The maximum absolute atomic E-state index is 11.4. The lowest BCUT2D eigenvalue weighted by molar-refractivity contribution is 0.0689. The number of rotatable bonds is 3. The van der Waals surface area contributed by atoms with Gasteiger partial charge in [-0.25, -0.2) is 9.78 Å². The van der Waals surface area contributed by atoms with Gasteiger partial charge in [-0.15, -0.1) is 0 Å². The van der Waals surface area contributed by atoms with E-state index in [1.54, 1.807) is 0 Å². The number of carboxylic acid groups (broad SMARTS) is 1. The van der Waals surface area contributed by atoms with Crippen molar-refractivity contribution in [1.29, 1.82) is 0 Å². The molecule has 116 valence electrons. The van der Waals surface area contributed by atoms with Gasteiger partial charge in [-0.05, 0) is 59.0 Å². The van der Waals surface area contributed by atoms with Gasteiger partial charge in [-0.1, -0.05) is 0 Å². The topological polar surface area (TPSA) is 58.4 Å². The normalized spacial score (nSPS) is 20.7. The van der Waals surface area contributed by atoms with E-state index in [-0.39, 0.29) is 0 Å². The standard InChI is InChI=1S/C16H25N3O2/c1-11(2)18-9-6-12(7-10-18)15-17-14(16(20)21)13-5-3-4-8-19(13)15/h11-12H,3-10H2,1-2H3,(H,20,21). The van der Waals surface area contributed by atoms with Gasteiger partial charge in [0.25, 0.3) is 0 Å². The molecule has 0 amide bonds. The van der Waals surface area contributed by atoms with Crippen LogP contribution in [0.3, 0.4) is 0 Å². The van der Waals surface area contributed by atoms with E-state index in [1.165, 1.54) is 0 Å². The van der Waals surface area contributed by atoms with E-state index in [9.17, 15) is 9.90 Å². The largest absolute Gasteiger partial charge is 0.476 e. The van der Waals surface area contributed by atoms with E-state index < -0.39 is 5.97 Å². The molecule has 0 aliphatic carbocycles. The van der Waals surface area contributed by atoms with Crippen LogP contribution in [0.1, 0.15) is 67.5 Å². The molecule has 2 aliphatic heterocycles. The first-order valence-electron chi connectivity index (χ1n) is 8.14. The molecular formula is C16H25N3O2. The second-order valence-corrected chi connectivity index (χ2v) is 6.58. The van der Waals surface area contributed by atoms with Gasteiger partial charge in [0.15, 0.2) is 5.69 Å². The van der Waals surface area contributed by atoms with Crippen molar-refractivity contribution < 1.29 is 9.90 Å². The highest BCUT2D eigenvalue weighted by molar-refractivity contribution is 5.87. The Bertz CT molecular complexity index is 528. The Morgan fingerprint density at radius 3 is 2.57 bits per heavy atom. The summed E-state index contributed by atoms with van der Waals surface area (Å²) in [5.74, 6) is 0.585. The van der Waals surface area contributed by atoms with Crippen molar-refractivity contribution in [3.63, 3.8) is 0 Å². The summed E-state index contributed by atoms with van der Waals surface area (Å²) >= 11 is 0. The van der Waals surface area contributed by atoms with Crippen LogP contribution in [0.4, 0.5) is 0 Å². The van der Waals surface area contributed by atoms with Crippen molar-refractivity contribution in [3.8, 4) is 0 Å². The summed E-state index contributed by atoms with van der Waals surface area (Å²) in [4.78, 5) is 18.5. The lowest BCUT2D eigenvalue weighted by Gasteiger charge is -2.34. The number of fused-ring (bicyclic) bond motifs is 1. The number of carbonyl (C=O) groups is 1. The van der Waals surface area contributed by atoms with Crippen LogP contribution in [0.15, 0.2) is 0 Å². The first-order chi connectivity index (χ1) is 10.1. The van der Waals surface area contributed by atoms with Crippen molar-refractivity contribution in [3.05, 3.63) is 17.2 Å². The van der Waals surface area contributed by atoms with Crippen LogP contribution in [0, 0.1) is 0 Å².